The van der Waals surface area contributed by atoms with Gasteiger partial charge in [0.15, 0.2) is 0 Å². The molecule has 0 fully saturated rings. The standard InChI is InChI=1S/C28H54/c1-9-12-17-23(4)18-13-14-19-24(5)22-25(6)20-15-21-28(26(7)11-3)27(8)16-10-2/h11,23-24,27-28H,6,9-10,12-22H2,1-5,7-8H3. The highest BCUT2D eigenvalue weighted by Gasteiger charge is 2.18. The molecule has 166 valence electrons. The Labute approximate surface area is 179 Å². The normalized spacial score (nSPS) is 16.6. The molecule has 0 amide bonds. The van der Waals surface area contributed by atoms with Crippen molar-refractivity contribution in [1.29, 1.82) is 0 Å². The summed E-state index contributed by atoms with van der Waals surface area (Å²) in [5.41, 5.74) is 3.08. The maximum Gasteiger partial charge on any atom is -0.0180 e. The Hall–Kier alpha value is -0.520. The summed E-state index contributed by atoms with van der Waals surface area (Å²) in [7, 11) is 0. The van der Waals surface area contributed by atoms with Crippen molar-refractivity contribution >= 4 is 0 Å². The van der Waals surface area contributed by atoms with Crippen molar-refractivity contribution in [3.8, 4) is 0 Å². The van der Waals surface area contributed by atoms with Crippen LogP contribution in [-0.2, 0) is 0 Å². The van der Waals surface area contributed by atoms with Gasteiger partial charge in [-0.25, -0.2) is 0 Å². The highest BCUT2D eigenvalue weighted by molar-refractivity contribution is 5.04. The van der Waals surface area contributed by atoms with Gasteiger partial charge in [0.25, 0.3) is 0 Å². The first-order valence-electron chi connectivity index (χ1n) is 12.6. The molecular weight excluding hydrogens is 336 g/mol. The molecular formula is C28H54. The van der Waals surface area contributed by atoms with Crippen LogP contribution in [0.1, 0.15) is 132 Å². The van der Waals surface area contributed by atoms with Gasteiger partial charge in [-0.05, 0) is 63.2 Å². The summed E-state index contributed by atoms with van der Waals surface area (Å²) in [5, 5.41) is 0. The predicted molar refractivity (Wildman–Crippen MR) is 131 cm³/mol. The monoisotopic (exact) mass is 390 g/mol. The highest BCUT2D eigenvalue weighted by atomic mass is 14.2. The number of hydrogen-bond donors (Lipinski definition) is 0. The fourth-order valence-corrected chi connectivity index (χ4v) is 4.78. The van der Waals surface area contributed by atoms with Crippen LogP contribution in [0.2, 0.25) is 0 Å². The van der Waals surface area contributed by atoms with E-state index in [1.54, 1.807) is 5.57 Å². The van der Waals surface area contributed by atoms with Crippen LogP contribution in [0.4, 0.5) is 0 Å². The van der Waals surface area contributed by atoms with Crippen molar-refractivity contribution in [3.05, 3.63) is 23.8 Å². The molecule has 0 aliphatic rings. The van der Waals surface area contributed by atoms with Crippen molar-refractivity contribution < 1.29 is 0 Å². The Morgan fingerprint density at radius 3 is 1.96 bits per heavy atom. The van der Waals surface area contributed by atoms with E-state index in [4.69, 9.17) is 0 Å². The first kappa shape index (κ1) is 27.5. The zero-order valence-electron chi connectivity index (χ0n) is 20.8. The Morgan fingerprint density at radius 1 is 0.786 bits per heavy atom. The number of rotatable bonds is 18. The molecule has 0 aromatic heterocycles. The average Bonchev–Trinajstić information content (AvgIpc) is 2.66. The molecule has 0 aromatic carbocycles. The number of hydrogen-bond acceptors (Lipinski definition) is 0. The van der Waals surface area contributed by atoms with Gasteiger partial charge in [0.2, 0.25) is 0 Å². The van der Waals surface area contributed by atoms with E-state index in [2.05, 4.69) is 61.1 Å². The van der Waals surface area contributed by atoms with Gasteiger partial charge in [0, 0.05) is 0 Å². The largest absolute Gasteiger partial charge is 0.0999 e. The van der Waals surface area contributed by atoms with Gasteiger partial charge in [0.1, 0.15) is 0 Å². The maximum absolute atomic E-state index is 4.41. The molecule has 0 heteroatoms. The van der Waals surface area contributed by atoms with Crippen molar-refractivity contribution in [3.63, 3.8) is 0 Å². The summed E-state index contributed by atoms with van der Waals surface area (Å²) in [5.74, 6) is 3.32. The second kappa shape index (κ2) is 17.3. The molecule has 28 heavy (non-hydrogen) atoms. The molecule has 0 radical (unpaired) electrons. The molecule has 0 aliphatic carbocycles. The molecule has 0 aliphatic heterocycles. The summed E-state index contributed by atoms with van der Waals surface area (Å²) >= 11 is 0. The van der Waals surface area contributed by atoms with E-state index in [0.717, 1.165) is 23.7 Å². The Kier molecular flexibility index (Phi) is 17.0. The number of unbranched alkanes of at least 4 members (excludes halogenated alkanes) is 2. The third kappa shape index (κ3) is 13.6. The van der Waals surface area contributed by atoms with Gasteiger partial charge in [-0.1, -0.05) is 116 Å². The van der Waals surface area contributed by atoms with Crippen molar-refractivity contribution in [1.82, 2.24) is 0 Å². The molecule has 0 saturated heterocycles. The molecule has 0 nitrogen and oxygen atoms in total. The zero-order valence-corrected chi connectivity index (χ0v) is 20.8. The van der Waals surface area contributed by atoms with E-state index < -0.39 is 0 Å². The fourth-order valence-electron chi connectivity index (χ4n) is 4.78. The molecule has 4 atom stereocenters. The van der Waals surface area contributed by atoms with Crippen LogP contribution in [0.15, 0.2) is 23.8 Å². The third-order valence-corrected chi connectivity index (χ3v) is 6.85. The quantitative estimate of drug-likeness (QED) is 0.161. The Balaban J connectivity index is 4.03. The summed E-state index contributed by atoms with van der Waals surface area (Å²) in [4.78, 5) is 0. The summed E-state index contributed by atoms with van der Waals surface area (Å²) in [6.45, 7) is 20.9. The van der Waals surface area contributed by atoms with E-state index in [-0.39, 0.29) is 0 Å². The van der Waals surface area contributed by atoms with Crippen LogP contribution in [0.25, 0.3) is 0 Å². The van der Waals surface area contributed by atoms with Crippen molar-refractivity contribution in [2.24, 2.45) is 23.7 Å². The Morgan fingerprint density at radius 2 is 1.39 bits per heavy atom. The second-order valence-electron chi connectivity index (χ2n) is 9.89. The summed E-state index contributed by atoms with van der Waals surface area (Å²) < 4.78 is 0. The zero-order chi connectivity index (χ0) is 21.4. The first-order valence-corrected chi connectivity index (χ1v) is 12.6. The lowest BCUT2D eigenvalue weighted by atomic mass is 9.80. The van der Waals surface area contributed by atoms with Crippen LogP contribution in [0.3, 0.4) is 0 Å². The van der Waals surface area contributed by atoms with Crippen LogP contribution >= 0.6 is 0 Å². The lowest BCUT2D eigenvalue weighted by molar-refractivity contribution is 0.351. The molecule has 0 bridgehead atoms. The van der Waals surface area contributed by atoms with E-state index in [9.17, 15) is 0 Å². The minimum atomic E-state index is 0.768. The van der Waals surface area contributed by atoms with Gasteiger partial charge >= 0.3 is 0 Å². The Bertz CT molecular complexity index is 402. The summed E-state index contributed by atoms with van der Waals surface area (Å²) in [6.07, 6.45) is 19.9. The van der Waals surface area contributed by atoms with E-state index in [1.165, 1.54) is 89.0 Å². The van der Waals surface area contributed by atoms with Crippen LogP contribution in [-0.4, -0.2) is 0 Å². The lowest BCUT2D eigenvalue weighted by Gasteiger charge is -2.25. The third-order valence-electron chi connectivity index (χ3n) is 6.85. The predicted octanol–water partition coefficient (Wildman–Crippen LogP) is 10.1. The van der Waals surface area contributed by atoms with Gasteiger partial charge < -0.3 is 0 Å². The van der Waals surface area contributed by atoms with Gasteiger partial charge in [-0.3, -0.25) is 0 Å². The molecule has 0 N–H and O–H groups in total. The van der Waals surface area contributed by atoms with Gasteiger partial charge in [-0.2, -0.15) is 0 Å². The summed E-state index contributed by atoms with van der Waals surface area (Å²) in [6, 6.07) is 0. The molecule has 0 aromatic rings. The first-order chi connectivity index (χ1) is 13.3. The highest BCUT2D eigenvalue weighted by Crippen LogP contribution is 2.30. The second-order valence-corrected chi connectivity index (χ2v) is 9.89. The van der Waals surface area contributed by atoms with Crippen LogP contribution in [0.5, 0.6) is 0 Å². The van der Waals surface area contributed by atoms with Gasteiger partial charge in [-0.15, -0.1) is 0 Å². The maximum atomic E-state index is 4.41. The van der Waals surface area contributed by atoms with Gasteiger partial charge in [0.05, 0.1) is 0 Å². The molecule has 0 rings (SSSR count). The molecule has 4 unspecified atom stereocenters. The lowest BCUT2D eigenvalue weighted by Crippen LogP contribution is -2.13. The minimum absolute atomic E-state index is 0.768. The SMILES string of the molecule is C=C(CCCC(C(C)=CC)C(C)CCC)CC(C)CCCCC(C)CCCC. The average molecular weight is 391 g/mol. The fraction of sp³-hybridized carbons (Fsp3) is 0.857. The van der Waals surface area contributed by atoms with Crippen LogP contribution in [0, 0.1) is 23.7 Å². The van der Waals surface area contributed by atoms with E-state index in [1.807, 2.05) is 0 Å². The molecule has 0 saturated carbocycles. The molecule has 0 heterocycles. The van der Waals surface area contributed by atoms with E-state index >= 15 is 0 Å². The molecule has 0 spiro atoms. The van der Waals surface area contributed by atoms with E-state index in [0.29, 0.717) is 0 Å². The number of allylic oxidation sites excluding steroid dienone is 3. The topological polar surface area (TPSA) is 0 Å². The van der Waals surface area contributed by atoms with Crippen LogP contribution < -0.4 is 0 Å². The van der Waals surface area contributed by atoms with Crippen molar-refractivity contribution in [2.75, 3.05) is 0 Å². The minimum Gasteiger partial charge on any atom is -0.0999 e. The van der Waals surface area contributed by atoms with Crippen molar-refractivity contribution in [2.45, 2.75) is 132 Å². The smallest absolute Gasteiger partial charge is 0.0180 e.